The fraction of sp³-hybridized carbons (Fsp3) is 0.105. The third-order valence-electron chi connectivity index (χ3n) is 3.63. The van der Waals surface area contributed by atoms with Crippen LogP contribution in [0, 0.1) is 0 Å². The highest BCUT2D eigenvalue weighted by atomic mass is 35.5. The minimum atomic E-state index is -0.740. The first kappa shape index (κ1) is 18.9. The number of carbonyl (C=O) groups is 3. The Morgan fingerprint density at radius 1 is 0.926 bits per heavy atom. The maximum absolute atomic E-state index is 12.2. The van der Waals surface area contributed by atoms with E-state index in [-0.39, 0.29) is 24.6 Å². The largest absolute Gasteiger partial charge is 0.461 e. The van der Waals surface area contributed by atoms with E-state index in [1.54, 1.807) is 48.5 Å². The molecule has 0 aliphatic carbocycles. The van der Waals surface area contributed by atoms with E-state index in [4.69, 9.17) is 16.0 Å². The minimum Gasteiger partial charge on any atom is -0.461 e. The number of carbonyl (C=O) groups excluding carboxylic acids is 3. The lowest BCUT2D eigenvalue weighted by atomic mass is 10.2. The van der Waals surface area contributed by atoms with Crippen LogP contribution in [-0.4, -0.2) is 17.6 Å². The summed E-state index contributed by atoms with van der Waals surface area (Å²) >= 11 is 7.03. The highest BCUT2D eigenvalue weighted by Gasteiger charge is 2.16. The molecule has 138 valence electrons. The first-order chi connectivity index (χ1) is 13.0. The molecular weight excluding hydrogens is 388 g/mol. The quantitative estimate of drug-likeness (QED) is 0.489. The molecule has 0 fully saturated rings. The third-order valence-corrected chi connectivity index (χ3v) is 4.96. The zero-order chi connectivity index (χ0) is 19.2. The van der Waals surface area contributed by atoms with E-state index < -0.39 is 11.8 Å². The van der Waals surface area contributed by atoms with Gasteiger partial charge in [0, 0.05) is 16.4 Å². The SMILES string of the molecule is O=C(NCc1ccc(Cl)cc1)C(=O)NCc1ccc(C(=O)c2ccco2)s1. The van der Waals surface area contributed by atoms with Gasteiger partial charge in [-0.2, -0.15) is 0 Å². The number of ketones is 1. The van der Waals surface area contributed by atoms with Crippen molar-refractivity contribution in [1.29, 1.82) is 0 Å². The van der Waals surface area contributed by atoms with E-state index in [1.165, 1.54) is 17.6 Å². The number of halogens is 1. The van der Waals surface area contributed by atoms with Gasteiger partial charge in [0.15, 0.2) is 5.76 Å². The molecule has 0 aliphatic rings. The molecule has 0 atom stereocenters. The molecule has 0 radical (unpaired) electrons. The molecule has 0 unspecified atom stereocenters. The molecule has 0 aliphatic heterocycles. The van der Waals surface area contributed by atoms with E-state index in [2.05, 4.69) is 10.6 Å². The van der Waals surface area contributed by atoms with Gasteiger partial charge in [0.1, 0.15) is 0 Å². The molecule has 0 spiro atoms. The molecule has 2 aromatic heterocycles. The van der Waals surface area contributed by atoms with Crippen molar-refractivity contribution in [1.82, 2.24) is 10.6 Å². The molecule has 2 N–H and O–H groups in total. The van der Waals surface area contributed by atoms with Gasteiger partial charge in [-0.25, -0.2) is 0 Å². The molecule has 2 amide bonds. The fourth-order valence-electron chi connectivity index (χ4n) is 2.24. The molecule has 0 saturated carbocycles. The number of nitrogens with one attached hydrogen (secondary N) is 2. The number of hydrogen-bond donors (Lipinski definition) is 2. The molecule has 8 heteroatoms. The number of furan rings is 1. The van der Waals surface area contributed by atoms with E-state index >= 15 is 0 Å². The lowest BCUT2D eigenvalue weighted by Crippen LogP contribution is -2.39. The Bertz CT molecular complexity index is 949. The van der Waals surface area contributed by atoms with Crippen molar-refractivity contribution >= 4 is 40.5 Å². The standard InChI is InChI=1S/C19H15ClN2O4S/c20-13-5-3-12(4-6-13)10-21-18(24)19(25)22-11-14-7-8-16(27-14)17(23)15-2-1-9-26-15/h1-9H,10-11H2,(H,21,24)(H,22,25). The normalized spacial score (nSPS) is 10.4. The maximum Gasteiger partial charge on any atom is 0.309 e. The maximum atomic E-state index is 12.2. The van der Waals surface area contributed by atoms with E-state index in [0.717, 1.165) is 10.4 Å². The summed E-state index contributed by atoms with van der Waals surface area (Å²) in [6.07, 6.45) is 1.44. The van der Waals surface area contributed by atoms with Crippen molar-refractivity contribution in [2.24, 2.45) is 0 Å². The van der Waals surface area contributed by atoms with E-state index in [0.29, 0.717) is 9.90 Å². The second-order valence-corrected chi connectivity index (χ2v) is 7.17. The highest BCUT2D eigenvalue weighted by molar-refractivity contribution is 7.14. The smallest absolute Gasteiger partial charge is 0.309 e. The van der Waals surface area contributed by atoms with Crippen LogP contribution in [0.3, 0.4) is 0 Å². The van der Waals surface area contributed by atoms with Crippen LogP contribution in [0.5, 0.6) is 0 Å². The van der Waals surface area contributed by atoms with Gasteiger partial charge < -0.3 is 15.1 Å². The monoisotopic (exact) mass is 402 g/mol. The van der Waals surface area contributed by atoms with Gasteiger partial charge in [0.25, 0.3) is 0 Å². The van der Waals surface area contributed by atoms with Gasteiger partial charge in [-0.1, -0.05) is 23.7 Å². The predicted molar refractivity (Wildman–Crippen MR) is 102 cm³/mol. The van der Waals surface area contributed by atoms with Gasteiger partial charge in [-0.3, -0.25) is 14.4 Å². The summed E-state index contributed by atoms with van der Waals surface area (Å²) in [6.45, 7) is 0.382. The molecular formula is C19H15ClN2O4S. The number of benzene rings is 1. The number of hydrogen-bond acceptors (Lipinski definition) is 5. The fourth-order valence-corrected chi connectivity index (χ4v) is 3.25. The van der Waals surface area contributed by atoms with Crippen LogP contribution in [0.1, 0.15) is 25.9 Å². The highest BCUT2D eigenvalue weighted by Crippen LogP contribution is 2.20. The van der Waals surface area contributed by atoms with Crippen molar-refractivity contribution in [3.63, 3.8) is 0 Å². The average molecular weight is 403 g/mol. The summed E-state index contributed by atoms with van der Waals surface area (Å²) < 4.78 is 5.09. The van der Waals surface area contributed by atoms with Gasteiger partial charge in [-0.05, 0) is 42.0 Å². The van der Waals surface area contributed by atoms with Crippen LogP contribution >= 0.6 is 22.9 Å². The number of amides is 2. The molecule has 3 aromatic rings. The Balaban J connectivity index is 1.48. The zero-order valence-corrected chi connectivity index (χ0v) is 15.6. The van der Waals surface area contributed by atoms with Crippen molar-refractivity contribution < 1.29 is 18.8 Å². The molecule has 3 rings (SSSR count). The number of rotatable bonds is 6. The second-order valence-electron chi connectivity index (χ2n) is 5.56. The van der Waals surface area contributed by atoms with E-state index in [1.807, 2.05) is 0 Å². The Kier molecular flexibility index (Phi) is 6.05. The van der Waals surface area contributed by atoms with Gasteiger partial charge >= 0.3 is 11.8 Å². The summed E-state index contributed by atoms with van der Waals surface area (Å²) in [5.41, 5.74) is 0.833. The molecule has 1 aromatic carbocycles. The number of thiophene rings is 1. The molecule has 27 heavy (non-hydrogen) atoms. The molecule has 0 bridgehead atoms. The summed E-state index contributed by atoms with van der Waals surface area (Å²) in [4.78, 5) is 37.2. The average Bonchev–Trinajstić information content (AvgIpc) is 3.37. The zero-order valence-electron chi connectivity index (χ0n) is 14.0. The summed E-state index contributed by atoms with van der Waals surface area (Å²) in [5.74, 6) is -1.43. The first-order valence-corrected chi connectivity index (χ1v) is 9.20. The molecule has 6 nitrogen and oxygen atoms in total. The van der Waals surface area contributed by atoms with Crippen LogP contribution in [0.15, 0.2) is 59.2 Å². The molecule has 2 heterocycles. The van der Waals surface area contributed by atoms with Crippen LogP contribution in [0.25, 0.3) is 0 Å². The molecule has 0 saturated heterocycles. The minimum absolute atomic E-state index is 0.156. The van der Waals surface area contributed by atoms with Crippen LogP contribution in [0.2, 0.25) is 5.02 Å². The van der Waals surface area contributed by atoms with Gasteiger partial charge in [-0.15, -0.1) is 11.3 Å². The Morgan fingerprint density at radius 2 is 1.63 bits per heavy atom. The Hall–Kier alpha value is -2.90. The van der Waals surface area contributed by atoms with Crippen LogP contribution in [0.4, 0.5) is 0 Å². The van der Waals surface area contributed by atoms with Crippen molar-refractivity contribution in [3.05, 3.63) is 80.9 Å². The lowest BCUT2D eigenvalue weighted by molar-refractivity contribution is -0.139. The van der Waals surface area contributed by atoms with Crippen molar-refractivity contribution in [3.8, 4) is 0 Å². The summed E-state index contributed by atoms with van der Waals surface area (Å²) in [7, 11) is 0. The first-order valence-electron chi connectivity index (χ1n) is 8.00. The van der Waals surface area contributed by atoms with Gasteiger partial charge in [0.2, 0.25) is 5.78 Å². The lowest BCUT2D eigenvalue weighted by Gasteiger charge is -2.06. The van der Waals surface area contributed by atoms with Gasteiger partial charge in [0.05, 0.1) is 17.7 Å². The van der Waals surface area contributed by atoms with E-state index in [9.17, 15) is 14.4 Å². The Morgan fingerprint density at radius 3 is 2.30 bits per heavy atom. The van der Waals surface area contributed by atoms with Crippen molar-refractivity contribution in [2.75, 3.05) is 0 Å². The summed E-state index contributed by atoms with van der Waals surface area (Å²) in [5, 5.41) is 5.67. The predicted octanol–water partition coefficient (Wildman–Crippen LogP) is 3.16. The third kappa shape index (κ3) is 5.06. The summed E-state index contributed by atoms with van der Waals surface area (Å²) in [6, 6.07) is 13.6. The van der Waals surface area contributed by atoms with Crippen molar-refractivity contribution in [2.45, 2.75) is 13.1 Å². The Labute approximate surface area is 164 Å². The second kappa shape index (κ2) is 8.66. The van der Waals surface area contributed by atoms with Crippen LogP contribution in [-0.2, 0) is 22.7 Å². The topological polar surface area (TPSA) is 88.4 Å². The van der Waals surface area contributed by atoms with Crippen LogP contribution < -0.4 is 10.6 Å².